The summed E-state index contributed by atoms with van der Waals surface area (Å²) in [4.78, 5) is 11.9. The average Bonchev–Trinajstić information content (AvgIpc) is 2.43. The van der Waals surface area contributed by atoms with Gasteiger partial charge in [-0.1, -0.05) is 32.4 Å². The molecule has 0 spiro atoms. The molecule has 3 N–H and O–H groups in total. The Hall–Kier alpha value is -1.55. The molecular formula is C16H26N2O2. The minimum atomic E-state index is -0.457. The van der Waals surface area contributed by atoms with Crippen LogP contribution in [0.25, 0.3) is 0 Å². The van der Waals surface area contributed by atoms with Crippen LogP contribution in [0.3, 0.4) is 0 Å². The molecule has 0 heterocycles. The Bertz CT molecular complexity index is 434. The second-order valence-corrected chi connectivity index (χ2v) is 5.45. The number of ether oxygens (including phenoxy) is 1. The Kier molecular flexibility index (Phi) is 6.52. The van der Waals surface area contributed by atoms with Gasteiger partial charge in [0.05, 0.1) is 12.1 Å². The van der Waals surface area contributed by atoms with E-state index in [-0.39, 0.29) is 17.9 Å². The maximum Gasteiger partial charge on any atom is 0.237 e. The van der Waals surface area contributed by atoms with Gasteiger partial charge in [-0.2, -0.15) is 0 Å². The number of benzene rings is 1. The maximum atomic E-state index is 11.9. The zero-order chi connectivity index (χ0) is 15.1. The van der Waals surface area contributed by atoms with Gasteiger partial charge in [0.2, 0.25) is 5.91 Å². The summed E-state index contributed by atoms with van der Waals surface area (Å²) < 4.78 is 5.66. The Morgan fingerprint density at radius 2 is 2.10 bits per heavy atom. The first-order valence-electron chi connectivity index (χ1n) is 7.19. The molecule has 0 bridgehead atoms. The van der Waals surface area contributed by atoms with Crippen molar-refractivity contribution in [2.24, 2.45) is 11.7 Å². The predicted octanol–water partition coefficient (Wildman–Crippen LogP) is 2.25. The van der Waals surface area contributed by atoms with Crippen LogP contribution >= 0.6 is 0 Å². The van der Waals surface area contributed by atoms with Gasteiger partial charge in [-0.3, -0.25) is 4.79 Å². The van der Waals surface area contributed by atoms with Crippen molar-refractivity contribution in [1.82, 2.24) is 5.32 Å². The molecule has 1 amide bonds. The molecule has 3 atom stereocenters. The van der Waals surface area contributed by atoms with Crippen LogP contribution in [0.5, 0.6) is 5.75 Å². The van der Waals surface area contributed by atoms with Crippen LogP contribution in [0.15, 0.2) is 24.3 Å². The highest BCUT2D eigenvalue weighted by atomic mass is 16.5. The lowest BCUT2D eigenvalue weighted by Gasteiger charge is -2.21. The Labute approximate surface area is 121 Å². The van der Waals surface area contributed by atoms with E-state index in [4.69, 9.17) is 10.5 Å². The van der Waals surface area contributed by atoms with Crippen LogP contribution < -0.4 is 15.8 Å². The minimum Gasteiger partial charge on any atom is -0.491 e. The van der Waals surface area contributed by atoms with Crippen LogP contribution in [0.2, 0.25) is 0 Å². The van der Waals surface area contributed by atoms with E-state index in [0.717, 1.165) is 17.7 Å². The second-order valence-electron chi connectivity index (χ2n) is 5.45. The van der Waals surface area contributed by atoms with Crippen LogP contribution in [0.4, 0.5) is 0 Å². The van der Waals surface area contributed by atoms with E-state index in [0.29, 0.717) is 6.61 Å². The third-order valence-electron chi connectivity index (χ3n) is 3.44. The number of amides is 1. The van der Waals surface area contributed by atoms with Gasteiger partial charge >= 0.3 is 0 Å². The number of nitrogens with two attached hydrogens (primary N) is 1. The molecule has 3 unspecified atom stereocenters. The molecule has 0 radical (unpaired) electrons. The van der Waals surface area contributed by atoms with Gasteiger partial charge in [0.1, 0.15) is 12.4 Å². The number of hydrogen-bond donors (Lipinski definition) is 2. The number of carbonyl (C=O) groups excluding carboxylic acids is 1. The largest absolute Gasteiger partial charge is 0.491 e. The van der Waals surface area contributed by atoms with Crippen molar-refractivity contribution in [3.05, 3.63) is 29.8 Å². The number of hydrogen-bond acceptors (Lipinski definition) is 3. The Balaban J connectivity index is 2.40. The first kappa shape index (κ1) is 16.5. The molecule has 4 nitrogen and oxygen atoms in total. The second kappa shape index (κ2) is 7.90. The van der Waals surface area contributed by atoms with Crippen molar-refractivity contribution in [1.29, 1.82) is 0 Å². The molecule has 4 heteroatoms. The SMILES string of the molecule is CCC(C)C(N)C(=O)NC(C)COc1cccc(C)c1. The fourth-order valence-corrected chi connectivity index (χ4v) is 1.82. The molecule has 1 aromatic rings. The van der Waals surface area contributed by atoms with E-state index >= 15 is 0 Å². The molecule has 0 saturated carbocycles. The highest BCUT2D eigenvalue weighted by molar-refractivity contribution is 5.82. The van der Waals surface area contributed by atoms with Crippen molar-refractivity contribution >= 4 is 5.91 Å². The topological polar surface area (TPSA) is 64.4 Å². The molecule has 112 valence electrons. The van der Waals surface area contributed by atoms with Gasteiger partial charge in [0.25, 0.3) is 0 Å². The molecule has 0 aliphatic heterocycles. The number of nitrogens with one attached hydrogen (secondary N) is 1. The molecular weight excluding hydrogens is 252 g/mol. The maximum absolute atomic E-state index is 11.9. The summed E-state index contributed by atoms with van der Waals surface area (Å²) in [6.07, 6.45) is 0.892. The van der Waals surface area contributed by atoms with Gasteiger partial charge in [0, 0.05) is 0 Å². The van der Waals surface area contributed by atoms with E-state index in [1.165, 1.54) is 0 Å². The fraction of sp³-hybridized carbons (Fsp3) is 0.562. The smallest absolute Gasteiger partial charge is 0.237 e. The molecule has 0 aliphatic rings. The van der Waals surface area contributed by atoms with Gasteiger partial charge in [0.15, 0.2) is 0 Å². The van der Waals surface area contributed by atoms with Crippen LogP contribution in [0, 0.1) is 12.8 Å². The average molecular weight is 278 g/mol. The summed E-state index contributed by atoms with van der Waals surface area (Å²) in [6, 6.07) is 7.32. The lowest BCUT2D eigenvalue weighted by molar-refractivity contribution is -0.124. The summed E-state index contributed by atoms with van der Waals surface area (Å²) in [7, 11) is 0. The van der Waals surface area contributed by atoms with Crippen molar-refractivity contribution in [3.8, 4) is 5.75 Å². The molecule has 0 aliphatic carbocycles. The van der Waals surface area contributed by atoms with Crippen molar-refractivity contribution in [3.63, 3.8) is 0 Å². The molecule has 1 rings (SSSR count). The minimum absolute atomic E-state index is 0.0712. The third kappa shape index (κ3) is 5.21. The lowest BCUT2D eigenvalue weighted by atomic mass is 9.99. The summed E-state index contributed by atoms with van der Waals surface area (Å²) in [5.74, 6) is 0.886. The van der Waals surface area contributed by atoms with Crippen LogP contribution in [0.1, 0.15) is 32.8 Å². The highest BCUT2D eigenvalue weighted by Crippen LogP contribution is 2.12. The Morgan fingerprint density at radius 3 is 2.70 bits per heavy atom. The summed E-state index contributed by atoms with van der Waals surface area (Å²) >= 11 is 0. The van der Waals surface area contributed by atoms with Crippen molar-refractivity contribution in [2.75, 3.05) is 6.61 Å². The quantitative estimate of drug-likeness (QED) is 0.804. The molecule has 0 aromatic heterocycles. The van der Waals surface area contributed by atoms with E-state index in [1.807, 2.05) is 52.0 Å². The molecule has 0 fully saturated rings. The van der Waals surface area contributed by atoms with Gasteiger partial charge < -0.3 is 15.8 Å². The van der Waals surface area contributed by atoms with E-state index < -0.39 is 6.04 Å². The highest BCUT2D eigenvalue weighted by Gasteiger charge is 2.20. The van der Waals surface area contributed by atoms with Crippen LogP contribution in [-0.4, -0.2) is 24.6 Å². The number of rotatable bonds is 7. The molecule has 20 heavy (non-hydrogen) atoms. The molecule has 0 saturated heterocycles. The monoisotopic (exact) mass is 278 g/mol. The summed E-state index contributed by atoms with van der Waals surface area (Å²) in [5.41, 5.74) is 7.04. The normalized spacial score (nSPS) is 15.2. The van der Waals surface area contributed by atoms with Gasteiger partial charge in [-0.25, -0.2) is 0 Å². The van der Waals surface area contributed by atoms with Crippen molar-refractivity contribution < 1.29 is 9.53 Å². The van der Waals surface area contributed by atoms with Gasteiger partial charge in [-0.05, 0) is 37.5 Å². The van der Waals surface area contributed by atoms with E-state index in [9.17, 15) is 4.79 Å². The summed E-state index contributed by atoms with van der Waals surface area (Å²) in [6.45, 7) is 8.38. The lowest BCUT2D eigenvalue weighted by Crippen LogP contribution is -2.48. The van der Waals surface area contributed by atoms with E-state index in [1.54, 1.807) is 0 Å². The fourth-order valence-electron chi connectivity index (χ4n) is 1.82. The molecule has 1 aromatic carbocycles. The predicted molar refractivity (Wildman–Crippen MR) is 81.7 cm³/mol. The number of aryl methyl sites for hydroxylation is 1. The van der Waals surface area contributed by atoms with Crippen molar-refractivity contribution in [2.45, 2.75) is 46.2 Å². The standard InChI is InChI=1S/C16H26N2O2/c1-5-12(3)15(17)16(19)18-13(4)10-20-14-8-6-7-11(2)9-14/h6-9,12-13,15H,5,10,17H2,1-4H3,(H,18,19). The van der Waals surface area contributed by atoms with E-state index in [2.05, 4.69) is 5.32 Å². The zero-order valence-electron chi connectivity index (χ0n) is 12.8. The third-order valence-corrected chi connectivity index (χ3v) is 3.44. The summed E-state index contributed by atoms with van der Waals surface area (Å²) in [5, 5.41) is 2.89. The first-order valence-corrected chi connectivity index (χ1v) is 7.19. The zero-order valence-corrected chi connectivity index (χ0v) is 12.8. The Morgan fingerprint density at radius 1 is 1.40 bits per heavy atom. The van der Waals surface area contributed by atoms with Crippen LogP contribution in [-0.2, 0) is 4.79 Å². The number of carbonyl (C=O) groups is 1. The van der Waals surface area contributed by atoms with Gasteiger partial charge in [-0.15, -0.1) is 0 Å². The first-order chi connectivity index (χ1) is 9.43.